The van der Waals surface area contributed by atoms with Crippen molar-refractivity contribution < 1.29 is 4.74 Å². The van der Waals surface area contributed by atoms with Gasteiger partial charge in [-0.05, 0) is 89.7 Å². The summed E-state index contributed by atoms with van der Waals surface area (Å²) < 4.78 is 6.31. The van der Waals surface area contributed by atoms with Crippen molar-refractivity contribution in [3.63, 3.8) is 0 Å². The van der Waals surface area contributed by atoms with Crippen molar-refractivity contribution in [2.24, 2.45) is 0 Å². The summed E-state index contributed by atoms with van der Waals surface area (Å²) in [5, 5.41) is 3.65. The molecule has 1 aliphatic heterocycles. The molecule has 1 N–H and O–H groups in total. The Hall–Kier alpha value is -2.68. The van der Waals surface area contributed by atoms with Crippen molar-refractivity contribution in [2.45, 2.75) is 47.0 Å². The van der Waals surface area contributed by atoms with Gasteiger partial charge in [0.2, 0.25) is 7.28 Å². The van der Waals surface area contributed by atoms with E-state index in [-0.39, 0.29) is 5.41 Å². The molecule has 4 rings (SSSR count). The third-order valence-electron chi connectivity index (χ3n) is 5.37. The lowest BCUT2D eigenvalue weighted by molar-refractivity contribution is 0.486. The average molecular weight is 369 g/mol. The van der Waals surface area contributed by atoms with Crippen LogP contribution in [-0.2, 0) is 5.41 Å². The van der Waals surface area contributed by atoms with Gasteiger partial charge in [0.05, 0.1) is 0 Å². The zero-order valence-corrected chi connectivity index (χ0v) is 17.7. The van der Waals surface area contributed by atoms with E-state index in [1.54, 1.807) is 0 Å². The van der Waals surface area contributed by atoms with E-state index in [1.165, 1.54) is 33.2 Å². The Bertz CT molecular complexity index is 1040. The first-order valence-electron chi connectivity index (χ1n) is 9.99. The van der Waals surface area contributed by atoms with E-state index >= 15 is 0 Å². The Morgan fingerprint density at radius 3 is 2.14 bits per heavy atom. The van der Waals surface area contributed by atoms with Gasteiger partial charge in [-0.25, -0.2) is 0 Å². The largest absolute Gasteiger partial charge is 0.458 e. The van der Waals surface area contributed by atoms with Crippen LogP contribution in [0, 0.1) is 20.8 Å². The van der Waals surface area contributed by atoms with Crippen molar-refractivity contribution in [1.29, 1.82) is 0 Å². The summed E-state index contributed by atoms with van der Waals surface area (Å²) >= 11 is 0. The van der Waals surface area contributed by atoms with Crippen molar-refractivity contribution in [3.8, 4) is 11.5 Å². The van der Waals surface area contributed by atoms with Gasteiger partial charge < -0.3 is 10.1 Å². The van der Waals surface area contributed by atoms with E-state index in [0.717, 1.165) is 30.2 Å². The standard InChI is InChI=1S/C25H28BNO/c1-15-9-16(2)11-19(10-15)27-21-12-17(3)13-23-24(21)26-20-14-18(25(4,5)6)7-8-22(20)28-23/h7-14,26-27H,1-6H3. The van der Waals surface area contributed by atoms with Gasteiger partial charge in [-0.15, -0.1) is 0 Å². The van der Waals surface area contributed by atoms with Crippen molar-refractivity contribution >= 4 is 29.6 Å². The van der Waals surface area contributed by atoms with Gasteiger partial charge in [0.15, 0.2) is 0 Å². The summed E-state index contributed by atoms with van der Waals surface area (Å²) in [4.78, 5) is 0. The Morgan fingerprint density at radius 2 is 1.46 bits per heavy atom. The van der Waals surface area contributed by atoms with Gasteiger partial charge in [-0.1, -0.05) is 39.0 Å². The lowest BCUT2D eigenvalue weighted by atomic mass is 9.60. The molecule has 3 aromatic rings. The van der Waals surface area contributed by atoms with Crippen LogP contribution < -0.4 is 21.0 Å². The molecule has 142 valence electrons. The number of ether oxygens (including phenoxy) is 1. The molecule has 3 aromatic carbocycles. The van der Waals surface area contributed by atoms with Crippen LogP contribution in [0.3, 0.4) is 0 Å². The molecular formula is C25H28BNO. The van der Waals surface area contributed by atoms with E-state index in [1.807, 2.05) is 0 Å². The molecule has 28 heavy (non-hydrogen) atoms. The van der Waals surface area contributed by atoms with Gasteiger partial charge >= 0.3 is 0 Å². The van der Waals surface area contributed by atoms with E-state index in [4.69, 9.17) is 4.74 Å². The molecule has 0 aromatic heterocycles. The van der Waals surface area contributed by atoms with E-state index < -0.39 is 0 Å². The highest BCUT2D eigenvalue weighted by Crippen LogP contribution is 2.30. The Kier molecular flexibility index (Phi) is 4.49. The number of rotatable bonds is 2. The minimum atomic E-state index is 0.128. The highest BCUT2D eigenvalue weighted by atomic mass is 16.5. The molecule has 1 heterocycles. The van der Waals surface area contributed by atoms with Gasteiger partial charge in [-0.3, -0.25) is 0 Å². The van der Waals surface area contributed by atoms with Crippen LogP contribution in [0.25, 0.3) is 0 Å². The molecule has 0 spiro atoms. The zero-order valence-electron chi connectivity index (χ0n) is 17.7. The molecule has 0 unspecified atom stereocenters. The molecule has 0 radical (unpaired) electrons. The van der Waals surface area contributed by atoms with Crippen molar-refractivity contribution in [2.75, 3.05) is 5.32 Å². The smallest absolute Gasteiger partial charge is 0.204 e. The van der Waals surface area contributed by atoms with Crippen LogP contribution in [0.5, 0.6) is 11.5 Å². The third kappa shape index (κ3) is 3.66. The Balaban J connectivity index is 1.75. The fourth-order valence-corrected chi connectivity index (χ4v) is 3.96. The van der Waals surface area contributed by atoms with Crippen LogP contribution >= 0.6 is 0 Å². The predicted octanol–water partition coefficient (Wildman–Crippen LogP) is 5.15. The number of benzene rings is 3. The maximum Gasteiger partial charge on any atom is 0.204 e. The number of nitrogens with one attached hydrogen (secondary N) is 1. The lowest BCUT2D eigenvalue weighted by Crippen LogP contribution is -2.36. The molecule has 0 fully saturated rings. The van der Waals surface area contributed by atoms with E-state index in [2.05, 4.69) is 95.4 Å². The second kappa shape index (κ2) is 6.74. The summed E-state index contributed by atoms with van der Waals surface area (Å²) in [6, 6.07) is 17.6. The summed E-state index contributed by atoms with van der Waals surface area (Å²) in [6.07, 6.45) is 0. The first kappa shape index (κ1) is 18.7. The molecule has 0 saturated carbocycles. The molecule has 3 heteroatoms. The number of fused-ring (bicyclic) bond motifs is 2. The predicted molar refractivity (Wildman–Crippen MR) is 122 cm³/mol. The van der Waals surface area contributed by atoms with Gasteiger partial charge in [-0.2, -0.15) is 0 Å². The molecule has 0 atom stereocenters. The van der Waals surface area contributed by atoms with Crippen LogP contribution in [-0.4, -0.2) is 7.28 Å². The average Bonchev–Trinajstić information content (AvgIpc) is 2.58. The minimum Gasteiger partial charge on any atom is -0.458 e. The van der Waals surface area contributed by atoms with Crippen molar-refractivity contribution in [3.05, 3.63) is 70.8 Å². The molecule has 0 bridgehead atoms. The molecule has 1 aliphatic rings. The quantitative estimate of drug-likeness (QED) is 0.494. The highest BCUT2D eigenvalue weighted by molar-refractivity contribution is 6.71. The molecular weight excluding hydrogens is 341 g/mol. The summed E-state index contributed by atoms with van der Waals surface area (Å²) in [6.45, 7) is 13.2. The lowest BCUT2D eigenvalue weighted by Gasteiger charge is -2.26. The van der Waals surface area contributed by atoms with E-state index in [9.17, 15) is 0 Å². The SMILES string of the molecule is Cc1cc(C)cc(Nc2cc(C)cc3c2Bc2cc(C(C)(C)C)ccc2O3)c1. The summed E-state index contributed by atoms with van der Waals surface area (Å²) in [7, 11) is 0.877. The number of anilines is 2. The fourth-order valence-electron chi connectivity index (χ4n) is 3.96. The zero-order chi connectivity index (χ0) is 20.1. The maximum atomic E-state index is 6.31. The first-order chi connectivity index (χ1) is 13.2. The second-order valence-electron chi connectivity index (χ2n) is 9.14. The van der Waals surface area contributed by atoms with Gasteiger partial charge in [0, 0.05) is 11.4 Å². The number of hydrogen-bond donors (Lipinski definition) is 1. The van der Waals surface area contributed by atoms with Crippen LogP contribution in [0.1, 0.15) is 43.0 Å². The van der Waals surface area contributed by atoms with Gasteiger partial charge in [0.25, 0.3) is 0 Å². The molecule has 0 saturated heterocycles. The number of hydrogen-bond acceptors (Lipinski definition) is 2. The monoisotopic (exact) mass is 369 g/mol. The summed E-state index contributed by atoms with van der Waals surface area (Å²) in [5.74, 6) is 1.94. The Labute approximate surface area is 169 Å². The first-order valence-corrected chi connectivity index (χ1v) is 9.99. The molecule has 0 aliphatic carbocycles. The van der Waals surface area contributed by atoms with Gasteiger partial charge in [0.1, 0.15) is 11.5 Å². The van der Waals surface area contributed by atoms with Crippen LogP contribution in [0.2, 0.25) is 0 Å². The van der Waals surface area contributed by atoms with Crippen LogP contribution in [0.4, 0.5) is 11.4 Å². The maximum absolute atomic E-state index is 6.31. The van der Waals surface area contributed by atoms with E-state index in [0.29, 0.717) is 0 Å². The van der Waals surface area contributed by atoms with Crippen LogP contribution in [0.15, 0.2) is 48.5 Å². The van der Waals surface area contributed by atoms with Crippen molar-refractivity contribution in [1.82, 2.24) is 0 Å². The second-order valence-corrected chi connectivity index (χ2v) is 9.14. The topological polar surface area (TPSA) is 21.3 Å². The highest BCUT2D eigenvalue weighted by Gasteiger charge is 2.24. The minimum absolute atomic E-state index is 0.128. The molecule has 0 amide bonds. The summed E-state index contributed by atoms with van der Waals surface area (Å²) in [5.41, 5.74) is 9.93. The fraction of sp³-hybridized carbons (Fsp3) is 0.280. The Morgan fingerprint density at radius 1 is 0.786 bits per heavy atom. The number of aryl methyl sites for hydroxylation is 3. The third-order valence-corrected chi connectivity index (χ3v) is 5.37. The molecule has 2 nitrogen and oxygen atoms in total. The normalized spacial score (nSPS) is 12.5.